The fraction of sp³-hybridized carbons (Fsp3) is 0.150. The number of hydrogen-bond acceptors (Lipinski definition) is 6. The van der Waals surface area contributed by atoms with Crippen molar-refractivity contribution in [1.82, 2.24) is 9.97 Å². The zero-order chi connectivity index (χ0) is 19.1. The summed E-state index contributed by atoms with van der Waals surface area (Å²) in [5.74, 6) is 1.71. The first-order chi connectivity index (χ1) is 13.2. The zero-order valence-electron chi connectivity index (χ0n) is 15.1. The van der Waals surface area contributed by atoms with Crippen molar-refractivity contribution in [3.63, 3.8) is 0 Å². The summed E-state index contributed by atoms with van der Waals surface area (Å²) in [7, 11) is 3.21. The van der Waals surface area contributed by atoms with Crippen LogP contribution in [0.3, 0.4) is 0 Å². The highest BCUT2D eigenvalue weighted by molar-refractivity contribution is 6.03. The van der Waals surface area contributed by atoms with Crippen molar-refractivity contribution in [3.8, 4) is 11.5 Å². The smallest absolute Gasteiger partial charge is 0.274 e. The van der Waals surface area contributed by atoms with Crippen LogP contribution in [0.2, 0.25) is 0 Å². The summed E-state index contributed by atoms with van der Waals surface area (Å²) in [4.78, 5) is 20.6. The lowest BCUT2D eigenvalue weighted by molar-refractivity contribution is 0.102. The third-order valence-corrected chi connectivity index (χ3v) is 3.86. The number of nitrogens with one attached hydrogen (secondary N) is 2. The first kappa shape index (κ1) is 18.2. The van der Waals surface area contributed by atoms with Crippen LogP contribution < -0.4 is 20.1 Å². The Bertz CT molecular complexity index is 913. The maximum atomic E-state index is 12.4. The van der Waals surface area contributed by atoms with Gasteiger partial charge in [-0.15, -0.1) is 0 Å². The molecule has 0 aliphatic heterocycles. The van der Waals surface area contributed by atoms with E-state index in [1.54, 1.807) is 38.5 Å². The van der Waals surface area contributed by atoms with Gasteiger partial charge in [-0.2, -0.15) is 0 Å². The predicted molar refractivity (Wildman–Crippen MR) is 103 cm³/mol. The monoisotopic (exact) mass is 364 g/mol. The third kappa shape index (κ3) is 4.94. The van der Waals surface area contributed by atoms with Crippen molar-refractivity contribution in [3.05, 3.63) is 72.2 Å². The molecular formula is C20H20N4O3. The Balaban J connectivity index is 1.64. The molecule has 3 aromatic rings. The van der Waals surface area contributed by atoms with E-state index in [0.717, 1.165) is 11.3 Å². The minimum Gasteiger partial charge on any atom is -0.497 e. The molecule has 1 heterocycles. The molecular weight excluding hydrogens is 344 g/mol. The zero-order valence-corrected chi connectivity index (χ0v) is 15.1. The van der Waals surface area contributed by atoms with Crippen molar-refractivity contribution in [2.75, 3.05) is 24.9 Å². The molecule has 7 heteroatoms. The minimum atomic E-state index is -0.321. The lowest BCUT2D eigenvalue weighted by atomic mass is 10.2. The Morgan fingerprint density at radius 2 is 1.74 bits per heavy atom. The molecule has 2 N–H and O–H groups in total. The molecule has 0 spiro atoms. The molecule has 0 atom stereocenters. The largest absolute Gasteiger partial charge is 0.497 e. The molecule has 0 fully saturated rings. The summed E-state index contributed by atoms with van der Waals surface area (Å²) in [6.07, 6.45) is 1.36. The summed E-state index contributed by atoms with van der Waals surface area (Å²) in [5.41, 5.74) is 1.97. The fourth-order valence-electron chi connectivity index (χ4n) is 2.41. The molecule has 0 aliphatic rings. The Morgan fingerprint density at radius 3 is 2.48 bits per heavy atom. The fourth-order valence-corrected chi connectivity index (χ4v) is 2.41. The highest BCUT2D eigenvalue weighted by atomic mass is 16.5. The van der Waals surface area contributed by atoms with Crippen LogP contribution in [0.15, 0.2) is 60.9 Å². The van der Waals surface area contributed by atoms with Crippen molar-refractivity contribution >= 4 is 17.4 Å². The van der Waals surface area contributed by atoms with Crippen molar-refractivity contribution < 1.29 is 14.3 Å². The summed E-state index contributed by atoms with van der Waals surface area (Å²) in [6, 6.07) is 16.4. The number of anilines is 2. The first-order valence-corrected chi connectivity index (χ1v) is 8.32. The summed E-state index contributed by atoms with van der Waals surface area (Å²) in [5, 5.41) is 5.98. The van der Waals surface area contributed by atoms with Crippen molar-refractivity contribution in [1.29, 1.82) is 0 Å². The van der Waals surface area contributed by atoms with E-state index in [1.165, 1.54) is 6.33 Å². The number of aromatic nitrogens is 2. The van der Waals surface area contributed by atoms with Gasteiger partial charge in [-0.05, 0) is 29.8 Å². The van der Waals surface area contributed by atoms with Gasteiger partial charge in [0.15, 0.2) is 0 Å². The number of hydrogen-bond donors (Lipinski definition) is 2. The maximum absolute atomic E-state index is 12.4. The number of rotatable bonds is 7. The number of benzene rings is 2. The number of ether oxygens (including phenoxy) is 2. The van der Waals surface area contributed by atoms with Gasteiger partial charge in [0.1, 0.15) is 29.3 Å². The quantitative estimate of drug-likeness (QED) is 0.669. The van der Waals surface area contributed by atoms with E-state index in [0.29, 0.717) is 23.8 Å². The lowest BCUT2D eigenvalue weighted by Crippen LogP contribution is -2.14. The van der Waals surface area contributed by atoms with Gasteiger partial charge in [0.2, 0.25) is 0 Å². The Labute approximate surface area is 157 Å². The first-order valence-electron chi connectivity index (χ1n) is 8.32. The number of nitrogens with zero attached hydrogens (tertiary/aromatic N) is 2. The van der Waals surface area contributed by atoms with E-state index in [4.69, 9.17) is 9.47 Å². The Morgan fingerprint density at radius 1 is 0.963 bits per heavy atom. The highest BCUT2D eigenvalue weighted by Gasteiger charge is 2.10. The molecule has 0 saturated carbocycles. The van der Waals surface area contributed by atoms with Gasteiger partial charge in [-0.1, -0.05) is 18.2 Å². The molecule has 1 aromatic heterocycles. The SMILES string of the molecule is COc1ccc(CNc2cc(C(=O)Nc3cccc(OC)c3)ncn2)cc1. The molecule has 2 aromatic carbocycles. The molecule has 3 rings (SSSR count). The van der Waals surface area contributed by atoms with E-state index < -0.39 is 0 Å². The Hall–Kier alpha value is -3.61. The topological polar surface area (TPSA) is 85.4 Å². The van der Waals surface area contributed by atoms with E-state index in [9.17, 15) is 4.79 Å². The van der Waals surface area contributed by atoms with Crippen LogP contribution in [0.25, 0.3) is 0 Å². The van der Waals surface area contributed by atoms with Gasteiger partial charge >= 0.3 is 0 Å². The lowest BCUT2D eigenvalue weighted by Gasteiger charge is -2.09. The van der Waals surface area contributed by atoms with Gasteiger partial charge in [0.25, 0.3) is 5.91 Å². The molecule has 0 radical (unpaired) electrons. The van der Waals surface area contributed by atoms with Crippen LogP contribution in [-0.4, -0.2) is 30.1 Å². The van der Waals surface area contributed by atoms with E-state index in [2.05, 4.69) is 20.6 Å². The van der Waals surface area contributed by atoms with Crippen LogP contribution in [-0.2, 0) is 6.54 Å². The van der Waals surface area contributed by atoms with Crippen LogP contribution >= 0.6 is 0 Å². The van der Waals surface area contributed by atoms with Crippen LogP contribution in [0.1, 0.15) is 16.1 Å². The van der Waals surface area contributed by atoms with Crippen molar-refractivity contribution in [2.45, 2.75) is 6.54 Å². The second-order valence-electron chi connectivity index (χ2n) is 5.68. The number of amides is 1. The molecule has 0 aliphatic carbocycles. The average Bonchev–Trinajstić information content (AvgIpc) is 2.73. The number of carbonyl (C=O) groups is 1. The van der Waals surface area contributed by atoms with E-state index in [1.807, 2.05) is 30.3 Å². The maximum Gasteiger partial charge on any atom is 0.274 e. The van der Waals surface area contributed by atoms with Crippen LogP contribution in [0, 0.1) is 0 Å². The second-order valence-corrected chi connectivity index (χ2v) is 5.68. The van der Waals surface area contributed by atoms with Crippen LogP contribution in [0.4, 0.5) is 11.5 Å². The second kappa shape index (κ2) is 8.66. The summed E-state index contributed by atoms with van der Waals surface area (Å²) >= 11 is 0. The summed E-state index contributed by atoms with van der Waals surface area (Å²) in [6.45, 7) is 0.567. The molecule has 7 nitrogen and oxygen atoms in total. The van der Waals surface area contributed by atoms with Gasteiger partial charge < -0.3 is 20.1 Å². The minimum absolute atomic E-state index is 0.269. The molecule has 1 amide bonds. The van der Waals surface area contributed by atoms with Gasteiger partial charge in [-0.3, -0.25) is 4.79 Å². The van der Waals surface area contributed by atoms with Gasteiger partial charge in [0.05, 0.1) is 14.2 Å². The molecule has 0 saturated heterocycles. The van der Waals surface area contributed by atoms with Crippen molar-refractivity contribution in [2.24, 2.45) is 0 Å². The van der Waals surface area contributed by atoms with Crippen LogP contribution in [0.5, 0.6) is 11.5 Å². The standard InChI is InChI=1S/C20H20N4O3/c1-26-16-8-6-14(7-9-16)12-21-19-11-18(22-13-23-19)20(25)24-15-4-3-5-17(10-15)27-2/h3-11,13H,12H2,1-2H3,(H,24,25)(H,21,22,23). The van der Waals surface area contributed by atoms with E-state index in [-0.39, 0.29) is 11.6 Å². The molecule has 138 valence electrons. The molecule has 0 unspecified atom stereocenters. The average molecular weight is 364 g/mol. The normalized spacial score (nSPS) is 10.1. The number of methoxy groups -OCH3 is 2. The molecule has 27 heavy (non-hydrogen) atoms. The number of carbonyl (C=O) groups excluding carboxylic acids is 1. The molecule has 0 bridgehead atoms. The highest BCUT2D eigenvalue weighted by Crippen LogP contribution is 2.18. The van der Waals surface area contributed by atoms with E-state index >= 15 is 0 Å². The third-order valence-electron chi connectivity index (χ3n) is 3.86. The Kier molecular flexibility index (Phi) is 5.84. The van der Waals surface area contributed by atoms with Gasteiger partial charge in [0, 0.05) is 24.4 Å². The van der Waals surface area contributed by atoms with Gasteiger partial charge in [-0.25, -0.2) is 9.97 Å². The predicted octanol–water partition coefficient (Wildman–Crippen LogP) is 3.36. The summed E-state index contributed by atoms with van der Waals surface area (Å²) < 4.78 is 10.3.